The monoisotopic (exact) mass is 361 g/mol. The molecule has 0 atom stereocenters. The molecule has 0 unspecified atom stereocenters. The first-order valence-corrected chi connectivity index (χ1v) is 9.08. The predicted octanol–water partition coefficient (Wildman–Crippen LogP) is 3.52. The van der Waals surface area contributed by atoms with Crippen LogP contribution in [0.4, 0.5) is 5.69 Å². The molecule has 1 aromatic rings. The highest BCUT2D eigenvalue weighted by Gasteiger charge is 2.42. The van der Waals surface area contributed by atoms with Crippen molar-refractivity contribution in [3.63, 3.8) is 0 Å². The molecule has 0 fully saturated rings. The number of carbonyl (C=O) groups excluding carboxylic acids is 3. The van der Waals surface area contributed by atoms with Crippen molar-refractivity contribution < 1.29 is 23.9 Å². The Labute approximate surface area is 154 Å². The molecule has 6 heteroatoms. The van der Waals surface area contributed by atoms with E-state index in [4.69, 9.17) is 9.47 Å². The summed E-state index contributed by atoms with van der Waals surface area (Å²) in [5.41, 5.74) is -0.214. The highest BCUT2D eigenvalue weighted by Crippen LogP contribution is 2.38. The lowest BCUT2D eigenvalue weighted by Gasteiger charge is -2.38. The van der Waals surface area contributed by atoms with E-state index in [0.717, 1.165) is 25.7 Å². The van der Waals surface area contributed by atoms with Crippen LogP contribution in [-0.4, -0.2) is 36.4 Å². The zero-order chi connectivity index (χ0) is 19.3. The zero-order valence-corrected chi connectivity index (χ0v) is 16.0. The molecule has 1 amide bonds. The molecule has 142 valence electrons. The molecule has 1 aromatic carbocycles. The minimum atomic E-state index is -1.09. The van der Waals surface area contributed by atoms with Crippen molar-refractivity contribution in [2.75, 3.05) is 18.1 Å². The third kappa shape index (κ3) is 4.62. The van der Waals surface area contributed by atoms with E-state index in [1.165, 1.54) is 11.8 Å². The molecule has 1 aliphatic rings. The normalized spacial score (nSPS) is 15.2. The number of hydrogen-bond donors (Lipinski definition) is 0. The van der Waals surface area contributed by atoms with Gasteiger partial charge in [-0.05, 0) is 45.4 Å². The Morgan fingerprint density at radius 2 is 1.92 bits per heavy atom. The summed E-state index contributed by atoms with van der Waals surface area (Å²) in [6, 6.07) is 4.89. The Kier molecular flexibility index (Phi) is 6.40. The number of Topliss-reactive ketones (excluding diaryl/α,β-unsaturated/α-hetero) is 1. The molecule has 6 nitrogen and oxygen atoms in total. The minimum absolute atomic E-state index is 0.122. The van der Waals surface area contributed by atoms with Gasteiger partial charge in [0.05, 0.1) is 12.3 Å². The molecule has 1 heterocycles. The van der Waals surface area contributed by atoms with Gasteiger partial charge in [-0.3, -0.25) is 19.3 Å². The Morgan fingerprint density at radius 1 is 1.19 bits per heavy atom. The van der Waals surface area contributed by atoms with E-state index in [0.29, 0.717) is 23.6 Å². The SMILES string of the molecule is CCCCCCOC(=O)CN1C(=O)C(C)(C)Oc2ccc(C(C)=O)cc21. The fourth-order valence-corrected chi connectivity index (χ4v) is 2.83. The maximum absolute atomic E-state index is 12.7. The third-order valence-corrected chi connectivity index (χ3v) is 4.33. The van der Waals surface area contributed by atoms with Crippen molar-refractivity contribution in [2.45, 2.75) is 59.0 Å². The van der Waals surface area contributed by atoms with Crippen LogP contribution in [-0.2, 0) is 14.3 Å². The lowest BCUT2D eigenvalue weighted by molar-refractivity contribution is -0.144. The zero-order valence-electron chi connectivity index (χ0n) is 16.0. The van der Waals surface area contributed by atoms with E-state index in [2.05, 4.69) is 6.92 Å². The first-order chi connectivity index (χ1) is 12.3. The van der Waals surface area contributed by atoms with Gasteiger partial charge in [-0.2, -0.15) is 0 Å². The van der Waals surface area contributed by atoms with Gasteiger partial charge >= 0.3 is 5.97 Å². The molecule has 0 aliphatic carbocycles. The second-order valence-electron chi connectivity index (χ2n) is 7.02. The quantitative estimate of drug-likeness (QED) is 0.402. The summed E-state index contributed by atoms with van der Waals surface area (Å²) in [5.74, 6) is -0.459. The summed E-state index contributed by atoms with van der Waals surface area (Å²) in [7, 11) is 0. The van der Waals surface area contributed by atoms with Gasteiger partial charge in [0.25, 0.3) is 5.91 Å². The summed E-state index contributed by atoms with van der Waals surface area (Å²) < 4.78 is 11.0. The highest BCUT2D eigenvalue weighted by molar-refractivity contribution is 6.06. The molecule has 0 saturated heterocycles. The lowest BCUT2D eigenvalue weighted by Crippen LogP contribution is -2.54. The fraction of sp³-hybridized carbons (Fsp3) is 0.550. The van der Waals surface area contributed by atoms with Gasteiger partial charge in [0.15, 0.2) is 11.4 Å². The summed E-state index contributed by atoms with van der Waals surface area (Å²) in [4.78, 5) is 38.0. The second-order valence-corrected chi connectivity index (χ2v) is 7.02. The number of ether oxygens (including phenoxy) is 2. The van der Waals surface area contributed by atoms with Crippen molar-refractivity contribution in [1.29, 1.82) is 0 Å². The molecule has 0 radical (unpaired) electrons. The Morgan fingerprint density at radius 3 is 2.58 bits per heavy atom. The lowest BCUT2D eigenvalue weighted by atomic mass is 10.0. The van der Waals surface area contributed by atoms with Gasteiger partial charge < -0.3 is 9.47 Å². The number of benzene rings is 1. The van der Waals surface area contributed by atoms with Crippen molar-refractivity contribution >= 4 is 23.3 Å². The number of carbonyl (C=O) groups is 3. The van der Waals surface area contributed by atoms with Crippen LogP contribution in [0.3, 0.4) is 0 Å². The fourth-order valence-electron chi connectivity index (χ4n) is 2.83. The Balaban J connectivity index is 2.15. The van der Waals surface area contributed by atoms with E-state index in [1.807, 2.05) is 0 Å². The molecule has 0 N–H and O–H groups in total. The number of amides is 1. The standard InChI is InChI=1S/C20H27NO5/c1-5-6-7-8-11-25-18(23)13-21-16-12-15(14(2)22)9-10-17(16)26-20(3,4)19(21)24/h9-10,12H,5-8,11,13H2,1-4H3. The largest absolute Gasteiger partial charge is 0.476 e. The van der Waals surface area contributed by atoms with E-state index in [1.54, 1.807) is 32.0 Å². The van der Waals surface area contributed by atoms with Gasteiger partial charge in [0.2, 0.25) is 0 Å². The Hall–Kier alpha value is -2.37. The van der Waals surface area contributed by atoms with Crippen molar-refractivity contribution in [3.8, 4) is 5.75 Å². The van der Waals surface area contributed by atoms with Crippen LogP contribution in [0.25, 0.3) is 0 Å². The highest BCUT2D eigenvalue weighted by atomic mass is 16.5. The van der Waals surface area contributed by atoms with E-state index >= 15 is 0 Å². The van der Waals surface area contributed by atoms with Gasteiger partial charge in [-0.15, -0.1) is 0 Å². The smallest absolute Gasteiger partial charge is 0.326 e. The number of ketones is 1. The average Bonchev–Trinajstić information content (AvgIpc) is 2.58. The van der Waals surface area contributed by atoms with E-state index in [-0.39, 0.29) is 18.2 Å². The summed E-state index contributed by atoms with van der Waals surface area (Å²) in [5, 5.41) is 0. The van der Waals surface area contributed by atoms with E-state index < -0.39 is 11.6 Å². The molecular weight excluding hydrogens is 334 g/mol. The van der Waals surface area contributed by atoms with E-state index in [9.17, 15) is 14.4 Å². The third-order valence-electron chi connectivity index (χ3n) is 4.33. The number of unbranched alkanes of at least 4 members (excludes halogenated alkanes) is 3. The summed E-state index contributed by atoms with van der Waals surface area (Å²) in [6.45, 7) is 7.02. The van der Waals surface area contributed by atoms with Crippen LogP contribution in [0, 0.1) is 0 Å². The van der Waals surface area contributed by atoms with Crippen LogP contribution in [0.2, 0.25) is 0 Å². The number of fused-ring (bicyclic) bond motifs is 1. The topological polar surface area (TPSA) is 72.9 Å². The van der Waals surface area contributed by atoms with Gasteiger partial charge in [0.1, 0.15) is 12.3 Å². The number of rotatable bonds is 8. The predicted molar refractivity (Wildman–Crippen MR) is 98.6 cm³/mol. The van der Waals surface area contributed by atoms with Crippen LogP contribution < -0.4 is 9.64 Å². The van der Waals surface area contributed by atoms with Crippen molar-refractivity contribution in [2.24, 2.45) is 0 Å². The maximum atomic E-state index is 12.7. The number of nitrogens with zero attached hydrogens (tertiary/aromatic N) is 1. The molecule has 0 aromatic heterocycles. The molecular formula is C20H27NO5. The average molecular weight is 361 g/mol. The van der Waals surface area contributed by atoms with Crippen molar-refractivity contribution in [3.05, 3.63) is 23.8 Å². The molecule has 0 spiro atoms. The number of hydrogen-bond acceptors (Lipinski definition) is 5. The summed E-state index contributed by atoms with van der Waals surface area (Å²) >= 11 is 0. The molecule has 26 heavy (non-hydrogen) atoms. The number of anilines is 1. The molecule has 0 saturated carbocycles. The molecule has 2 rings (SSSR count). The molecule has 0 bridgehead atoms. The van der Waals surface area contributed by atoms with Crippen LogP contribution >= 0.6 is 0 Å². The molecule has 1 aliphatic heterocycles. The Bertz CT molecular complexity index is 695. The minimum Gasteiger partial charge on any atom is -0.476 e. The first kappa shape index (κ1) is 19.9. The second kappa shape index (κ2) is 8.34. The first-order valence-electron chi connectivity index (χ1n) is 9.08. The van der Waals surface area contributed by atoms with Gasteiger partial charge in [0, 0.05) is 5.56 Å². The van der Waals surface area contributed by atoms with Gasteiger partial charge in [-0.25, -0.2) is 0 Å². The van der Waals surface area contributed by atoms with Crippen LogP contribution in [0.5, 0.6) is 5.75 Å². The van der Waals surface area contributed by atoms with Crippen molar-refractivity contribution in [1.82, 2.24) is 0 Å². The van der Waals surface area contributed by atoms with Crippen LogP contribution in [0.15, 0.2) is 18.2 Å². The van der Waals surface area contributed by atoms with Gasteiger partial charge in [-0.1, -0.05) is 26.2 Å². The summed E-state index contributed by atoms with van der Waals surface area (Å²) in [6.07, 6.45) is 4.04. The van der Waals surface area contributed by atoms with Crippen LogP contribution in [0.1, 0.15) is 63.7 Å². The maximum Gasteiger partial charge on any atom is 0.326 e. The number of esters is 1.